The molecule has 0 spiro atoms. The third-order valence-electron chi connectivity index (χ3n) is 2.71. The van der Waals surface area contributed by atoms with Gasteiger partial charge in [-0.1, -0.05) is 70.3 Å². The van der Waals surface area contributed by atoms with Crippen LogP contribution in [0.3, 0.4) is 0 Å². The van der Waals surface area contributed by atoms with Crippen LogP contribution in [0.1, 0.15) is 5.56 Å². The number of nitrogens with two attached hydrogens (primary N) is 1. The summed E-state index contributed by atoms with van der Waals surface area (Å²) in [6, 6.07) is 11.9. The maximum Gasteiger partial charge on any atom is 0.265 e. The Morgan fingerprint density at radius 2 is 1.74 bits per heavy atom. The standard InChI is InChI=1S/C15H12Cl3N3O2/c16-10-6-12(18)13(7-11(10)17)20-14(22)8-23-21-15(19)9-4-2-1-3-5-9/h1-7H,8H2,(H2,19,21)(H,20,22). The lowest BCUT2D eigenvalue weighted by Crippen LogP contribution is -2.19. The molecule has 0 saturated carbocycles. The van der Waals surface area contributed by atoms with Crippen LogP contribution >= 0.6 is 34.8 Å². The molecular weight excluding hydrogens is 361 g/mol. The van der Waals surface area contributed by atoms with Gasteiger partial charge in [0.15, 0.2) is 12.4 Å². The van der Waals surface area contributed by atoms with Crippen molar-refractivity contribution >= 4 is 52.2 Å². The lowest BCUT2D eigenvalue weighted by molar-refractivity contribution is -0.120. The molecule has 23 heavy (non-hydrogen) atoms. The molecule has 0 bridgehead atoms. The van der Waals surface area contributed by atoms with E-state index in [1.165, 1.54) is 12.1 Å². The number of nitrogens with one attached hydrogen (secondary N) is 1. The van der Waals surface area contributed by atoms with Crippen molar-refractivity contribution in [2.75, 3.05) is 11.9 Å². The van der Waals surface area contributed by atoms with Crippen molar-refractivity contribution in [2.24, 2.45) is 10.9 Å². The number of hydrogen-bond acceptors (Lipinski definition) is 3. The van der Waals surface area contributed by atoms with E-state index in [2.05, 4.69) is 10.5 Å². The molecule has 0 heterocycles. The van der Waals surface area contributed by atoms with E-state index < -0.39 is 5.91 Å². The Kier molecular flexibility index (Phi) is 6.10. The topological polar surface area (TPSA) is 76.7 Å². The summed E-state index contributed by atoms with van der Waals surface area (Å²) in [4.78, 5) is 16.7. The monoisotopic (exact) mass is 371 g/mol. The summed E-state index contributed by atoms with van der Waals surface area (Å²) in [5, 5.41) is 7.06. The number of amides is 1. The number of anilines is 1. The van der Waals surface area contributed by atoms with Gasteiger partial charge in [-0.15, -0.1) is 0 Å². The van der Waals surface area contributed by atoms with Crippen LogP contribution in [0.5, 0.6) is 0 Å². The fraction of sp³-hybridized carbons (Fsp3) is 0.0667. The van der Waals surface area contributed by atoms with Crippen LogP contribution < -0.4 is 11.1 Å². The maximum absolute atomic E-state index is 11.8. The number of halogens is 3. The number of benzene rings is 2. The molecule has 0 aliphatic carbocycles. The molecule has 0 atom stereocenters. The van der Waals surface area contributed by atoms with Crippen LogP contribution in [0.2, 0.25) is 15.1 Å². The van der Waals surface area contributed by atoms with Gasteiger partial charge in [0.25, 0.3) is 5.91 Å². The first-order valence-electron chi connectivity index (χ1n) is 6.42. The highest BCUT2D eigenvalue weighted by Crippen LogP contribution is 2.32. The predicted octanol–water partition coefficient (Wildman–Crippen LogP) is 3.92. The molecule has 2 aromatic carbocycles. The van der Waals surface area contributed by atoms with Crippen molar-refractivity contribution in [2.45, 2.75) is 0 Å². The van der Waals surface area contributed by atoms with Crippen molar-refractivity contribution in [3.8, 4) is 0 Å². The Labute approximate surface area is 148 Å². The quantitative estimate of drug-likeness (QED) is 0.361. The number of carbonyl (C=O) groups is 1. The predicted molar refractivity (Wildman–Crippen MR) is 93.2 cm³/mol. The molecule has 5 nitrogen and oxygen atoms in total. The lowest BCUT2D eigenvalue weighted by Gasteiger charge is -2.08. The van der Waals surface area contributed by atoms with Crippen molar-refractivity contribution in [1.82, 2.24) is 0 Å². The average Bonchev–Trinajstić information content (AvgIpc) is 2.53. The second-order valence-corrected chi connectivity index (χ2v) is 5.63. The maximum atomic E-state index is 11.8. The molecule has 3 N–H and O–H groups in total. The van der Waals surface area contributed by atoms with Crippen LogP contribution in [0.4, 0.5) is 5.69 Å². The zero-order chi connectivity index (χ0) is 16.8. The Morgan fingerprint density at radius 3 is 2.43 bits per heavy atom. The normalized spacial score (nSPS) is 11.2. The molecule has 0 saturated heterocycles. The zero-order valence-corrected chi connectivity index (χ0v) is 14.0. The highest BCUT2D eigenvalue weighted by atomic mass is 35.5. The van der Waals surface area contributed by atoms with E-state index in [0.29, 0.717) is 16.3 Å². The molecule has 8 heteroatoms. The zero-order valence-electron chi connectivity index (χ0n) is 11.7. The third-order valence-corrected chi connectivity index (χ3v) is 3.75. The average molecular weight is 373 g/mol. The van der Waals surface area contributed by atoms with E-state index in [4.69, 9.17) is 45.4 Å². The molecule has 1 amide bonds. The minimum atomic E-state index is -0.463. The molecule has 0 fully saturated rings. The van der Waals surface area contributed by atoms with Crippen molar-refractivity contribution in [3.63, 3.8) is 0 Å². The molecule has 0 aliphatic heterocycles. The van der Waals surface area contributed by atoms with Crippen LogP contribution in [-0.2, 0) is 9.63 Å². The minimum Gasteiger partial charge on any atom is -0.384 e. The van der Waals surface area contributed by atoms with Crippen molar-refractivity contribution in [1.29, 1.82) is 0 Å². The first-order chi connectivity index (χ1) is 11.0. The fourth-order valence-electron chi connectivity index (χ4n) is 1.63. The van der Waals surface area contributed by atoms with Gasteiger partial charge in [0.2, 0.25) is 0 Å². The Hall–Kier alpha value is -1.95. The SMILES string of the molecule is N/C(=N/OCC(=O)Nc1cc(Cl)c(Cl)cc1Cl)c1ccccc1. The van der Waals surface area contributed by atoms with E-state index in [0.717, 1.165) is 0 Å². The van der Waals surface area contributed by atoms with E-state index in [-0.39, 0.29) is 22.5 Å². The third kappa shape index (κ3) is 5.03. The number of nitrogens with zero attached hydrogens (tertiary/aromatic N) is 1. The summed E-state index contributed by atoms with van der Waals surface area (Å²) in [7, 11) is 0. The van der Waals surface area contributed by atoms with Crippen molar-refractivity contribution < 1.29 is 9.63 Å². The Morgan fingerprint density at radius 1 is 1.09 bits per heavy atom. The summed E-state index contributed by atoms with van der Waals surface area (Å²) < 4.78 is 0. The Bertz CT molecular complexity index is 736. The highest BCUT2D eigenvalue weighted by Gasteiger charge is 2.10. The van der Waals surface area contributed by atoms with Crippen molar-refractivity contribution in [3.05, 3.63) is 63.1 Å². The van der Waals surface area contributed by atoms with Crippen LogP contribution in [-0.4, -0.2) is 18.3 Å². The van der Waals surface area contributed by atoms with Gasteiger partial charge < -0.3 is 15.9 Å². The van der Waals surface area contributed by atoms with Gasteiger partial charge in [0.1, 0.15) is 0 Å². The summed E-state index contributed by atoms with van der Waals surface area (Å²) >= 11 is 17.6. The van der Waals surface area contributed by atoms with Gasteiger partial charge in [-0.05, 0) is 12.1 Å². The molecule has 2 aromatic rings. The number of amidine groups is 1. The minimum absolute atomic E-state index is 0.172. The first kappa shape index (κ1) is 17.4. The number of oxime groups is 1. The molecule has 0 unspecified atom stereocenters. The smallest absolute Gasteiger partial charge is 0.265 e. The molecule has 0 aromatic heterocycles. The van der Waals surface area contributed by atoms with E-state index in [1.54, 1.807) is 12.1 Å². The number of hydrogen-bond donors (Lipinski definition) is 2. The van der Waals surface area contributed by atoms with Crippen LogP contribution in [0.25, 0.3) is 0 Å². The van der Waals surface area contributed by atoms with Crippen LogP contribution in [0.15, 0.2) is 47.6 Å². The number of carbonyl (C=O) groups excluding carboxylic acids is 1. The van der Waals surface area contributed by atoms with Gasteiger partial charge in [-0.2, -0.15) is 0 Å². The van der Waals surface area contributed by atoms with Gasteiger partial charge in [-0.25, -0.2) is 0 Å². The summed E-state index contributed by atoms with van der Waals surface area (Å²) in [6.45, 7) is -0.329. The van der Waals surface area contributed by atoms with Gasteiger partial charge in [0, 0.05) is 5.56 Å². The second-order valence-electron chi connectivity index (χ2n) is 4.41. The van der Waals surface area contributed by atoms with E-state index in [1.807, 2.05) is 18.2 Å². The Balaban J connectivity index is 1.92. The largest absolute Gasteiger partial charge is 0.384 e. The summed E-state index contributed by atoms with van der Waals surface area (Å²) in [5.41, 5.74) is 6.76. The lowest BCUT2D eigenvalue weighted by atomic mass is 10.2. The molecule has 0 aliphatic rings. The summed E-state index contributed by atoms with van der Waals surface area (Å²) in [5.74, 6) is -0.291. The van der Waals surface area contributed by atoms with Gasteiger partial charge in [0.05, 0.1) is 20.8 Å². The molecule has 2 rings (SSSR count). The van der Waals surface area contributed by atoms with E-state index in [9.17, 15) is 4.79 Å². The molecular formula is C15H12Cl3N3O2. The number of rotatable bonds is 5. The molecule has 120 valence electrons. The van der Waals surface area contributed by atoms with Gasteiger partial charge >= 0.3 is 0 Å². The van der Waals surface area contributed by atoms with Crippen LogP contribution in [0, 0.1) is 0 Å². The first-order valence-corrected chi connectivity index (χ1v) is 7.56. The van der Waals surface area contributed by atoms with E-state index >= 15 is 0 Å². The molecule has 0 radical (unpaired) electrons. The highest BCUT2D eigenvalue weighted by molar-refractivity contribution is 6.44. The summed E-state index contributed by atoms with van der Waals surface area (Å²) in [6.07, 6.45) is 0. The van der Waals surface area contributed by atoms with Gasteiger partial charge in [-0.3, -0.25) is 4.79 Å². The fourth-order valence-corrected chi connectivity index (χ4v) is 2.22. The second kappa shape index (κ2) is 8.06.